The number of para-hydroxylation sites is 1. The SMILES string of the molecule is CNS(=O)(=O)c1ccccc1N1CCN(c2nnc(Cc3ccc(F)cc3)s2)CC1. The van der Waals surface area contributed by atoms with E-state index >= 15 is 0 Å². The van der Waals surface area contributed by atoms with E-state index in [9.17, 15) is 12.8 Å². The molecule has 1 aliphatic rings. The van der Waals surface area contributed by atoms with E-state index in [0.29, 0.717) is 30.1 Å². The van der Waals surface area contributed by atoms with Crippen molar-refractivity contribution in [2.24, 2.45) is 0 Å². The predicted octanol–water partition coefficient (Wildman–Crippen LogP) is 2.50. The largest absolute Gasteiger partial charge is 0.367 e. The summed E-state index contributed by atoms with van der Waals surface area (Å²) in [6.07, 6.45) is 0.618. The van der Waals surface area contributed by atoms with Crippen LogP contribution in [-0.4, -0.2) is 51.8 Å². The van der Waals surface area contributed by atoms with Gasteiger partial charge in [0.05, 0.1) is 5.69 Å². The van der Waals surface area contributed by atoms with Crippen LogP contribution in [0.4, 0.5) is 15.2 Å². The van der Waals surface area contributed by atoms with Crippen molar-refractivity contribution in [1.29, 1.82) is 0 Å². The van der Waals surface area contributed by atoms with Gasteiger partial charge in [0.1, 0.15) is 15.7 Å². The first kappa shape index (κ1) is 20.7. The zero-order valence-electron chi connectivity index (χ0n) is 16.5. The molecule has 1 aromatic heterocycles. The second-order valence-corrected chi connectivity index (χ2v) is 9.83. The molecular formula is C20H22FN5O2S2. The Labute approximate surface area is 179 Å². The zero-order chi connectivity index (χ0) is 21.1. The van der Waals surface area contributed by atoms with Crippen molar-refractivity contribution in [1.82, 2.24) is 14.9 Å². The number of hydrogen-bond acceptors (Lipinski definition) is 7. The number of benzene rings is 2. The summed E-state index contributed by atoms with van der Waals surface area (Å²) >= 11 is 1.53. The van der Waals surface area contributed by atoms with Crippen molar-refractivity contribution in [3.05, 3.63) is 64.9 Å². The number of nitrogens with zero attached hydrogens (tertiary/aromatic N) is 4. The van der Waals surface area contributed by atoms with Crippen LogP contribution in [0.25, 0.3) is 0 Å². The molecule has 10 heteroatoms. The summed E-state index contributed by atoms with van der Waals surface area (Å²) < 4.78 is 40.1. The highest BCUT2D eigenvalue weighted by molar-refractivity contribution is 7.89. The summed E-state index contributed by atoms with van der Waals surface area (Å²) in [5, 5.41) is 10.3. The van der Waals surface area contributed by atoms with Crippen LogP contribution in [0.5, 0.6) is 0 Å². The zero-order valence-corrected chi connectivity index (χ0v) is 18.1. The Balaban J connectivity index is 1.42. The number of aromatic nitrogens is 2. The van der Waals surface area contributed by atoms with Gasteiger partial charge in [0.2, 0.25) is 15.2 Å². The lowest BCUT2D eigenvalue weighted by atomic mass is 10.2. The lowest BCUT2D eigenvalue weighted by molar-refractivity contribution is 0.586. The molecule has 2 heterocycles. The second kappa shape index (κ2) is 8.66. The highest BCUT2D eigenvalue weighted by Gasteiger charge is 2.25. The van der Waals surface area contributed by atoms with Crippen LogP contribution in [0, 0.1) is 5.82 Å². The van der Waals surface area contributed by atoms with Crippen LogP contribution in [0.1, 0.15) is 10.6 Å². The summed E-state index contributed by atoms with van der Waals surface area (Å²) in [4.78, 5) is 4.54. The van der Waals surface area contributed by atoms with Gasteiger partial charge in [-0.3, -0.25) is 0 Å². The number of anilines is 2. The Morgan fingerprint density at radius 3 is 2.37 bits per heavy atom. The first-order chi connectivity index (χ1) is 14.5. The smallest absolute Gasteiger partial charge is 0.242 e. The van der Waals surface area contributed by atoms with Crippen molar-refractivity contribution in [2.45, 2.75) is 11.3 Å². The lowest BCUT2D eigenvalue weighted by Crippen LogP contribution is -2.47. The van der Waals surface area contributed by atoms with E-state index in [1.54, 1.807) is 24.3 Å². The molecule has 0 amide bonds. The van der Waals surface area contributed by atoms with Crippen LogP contribution < -0.4 is 14.5 Å². The summed E-state index contributed by atoms with van der Waals surface area (Å²) in [6, 6.07) is 13.4. The topological polar surface area (TPSA) is 78.4 Å². The molecule has 1 saturated heterocycles. The minimum Gasteiger partial charge on any atom is -0.367 e. The fraction of sp³-hybridized carbons (Fsp3) is 0.300. The molecule has 0 spiro atoms. The molecule has 1 fully saturated rings. The van der Waals surface area contributed by atoms with E-state index in [2.05, 4.69) is 24.7 Å². The highest BCUT2D eigenvalue weighted by Crippen LogP contribution is 2.28. The van der Waals surface area contributed by atoms with E-state index < -0.39 is 10.0 Å². The van der Waals surface area contributed by atoms with Crippen LogP contribution in [0.2, 0.25) is 0 Å². The summed E-state index contributed by atoms with van der Waals surface area (Å²) in [6.45, 7) is 2.81. The first-order valence-electron chi connectivity index (χ1n) is 9.55. The molecule has 30 heavy (non-hydrogen) atoms. The van der Waals surface area contributed by atoms with Gasteiger partial charge in [0, 0.05) is 32.6 Å². The molecule has 3 aromatic rings. The van der Waals surface area contributed by atoms with Gasteiger partial charge in [-0.1, -0.05) is 35.6 Å². The van der Waals surface area contributed by atoms with Crippen molar-refractivity contribution in [2.75, 3.05) is 43.0 Å². The minimum atomic E-state index is -3.52. The predicted molar refractivity (Wildman–Crippen MR) is 116 cm³/mol. The number of halogens is 1. The summed E-state index contributed by atoms with van der Waals surface area (Å²) in [5.74, 6) is -0.251. The Morgan fingerprint density at radius 1 is 1.00 bits per heavy atom. The van der Waals surface area contributed by atoms with Crippen LogP contribution in [0.15, 0.2) is 53.4 Å². The van der Waals surface area contributed by atoms with Crippen LogP contribution in [-0.2, 0) is 16.4 Å². The van der Waals surface area contributed by atoms with Gasteiger partial charge < -0.3 is 9.80 Å². The quantitative estimate of drug-likeness (QED) is 0.626. The van der Waals surface area contributed by atoms with Gasteiger partial charge in [-0.2, -0.15) is 0 Å². The van der Waals surface area contributed by atoms with Crippen molar-refractivity contribution in [3.63, 3.8) is 0 Å². The van der Waals surface area contributed by atoms with Crippen LogP contribution >= 0.6 is 11.3 Å². The van der Waals surface area contributed by atoms with Gasteiger partial charge >= 0.3 is 0 Å². The Bertz CT molecular complexity index is 1110. The van der Waals surface area contributed by atoms with Gasteiger partial charge in [-0.05, 0) is 36.9 Å². The molecule has 1 aliphatic heterocycles. The number of rotatable bonds is 6. The van der Waals surface area contributed by atoms with Crippen LogP contribution in [0.3, 0.4) is 0 Å². The van der Waals surface area contributed by atoms with Gasteiger partial charge in [-0.15, -0.1) is 10.2 Å². The summed E-state index contributed by atoms with van der Waals surface area (Å²) in [5.41, 5.74) is 1.70. The fourth-order valence-corrected chi connectivity index (χ4v) is 5.29. The standard InChI is InChI=1S/C20H22FN5O2S2/c1-22-30(27,28)18-5-3-2-4-17(18)25-10-12-26(13-11-25)20-24-23-19(29-20)14-15-6-8-16(21)9-7-15/h2-9,22H,10-14H2,1H3. The van der Waals surface area contributed by atoms with Gasteiger partial charge in [0.15, 0.2) is 0 Å². The Hall–Kier alpha value is -2.56. The molecule has 0 saturated carbocycles. The number of hydrogen-bond donors (Lipinski definition) is 1. The van der Waals surface area contributed by atoms with E-state index in [1.807, 2.05) is 12.1 Å². The Morgan fingerprint density at radius 2 is 1.67 bits per heavy atom. The van der Waals surface area contributed by atoms with Gasteiger partial charge in [-0.25, -0.2) is 17.5 Å². The third-order valence-electron chi connectivity index (χ3n) is 5.04. The minimum absolute atomic E-state index is 0.251. The third-order valence-corrected chi connectivity index (χ3v) is 7.48. The van der Waals surface area contributed by atoms with E-state index in [1.165, 1.54) is 30.5 Å². The number of sulfonamides is 1. The first-order valence-corrected chi connectivity index (χ1v) is 11.9. The molecule has 0 bridgehead atoms. The Kier molecular flexibility index (Phi) is 5.98. The van der Waals surface area contributed by atoms with Crippen molar-refractivity contribution in [3.8, 4) is 0 Å². The van der Waals surface area contributed by atoms with E-state index in [-0.39, 0.29) is 5.82 Å². The van der Waals surface area contributed by atoms with E-state index in [0.717, 1.165) is 28.8 Å². The van der Waals surface area contributed by atoms with E-state index in [4.69, 9.17) is 0 Å². The maximum Gasteiger partial charge on any atom is 0.242 e. The molecule has 4 rings (SSSR count). The monoisotopic (exact) mass is 447 g/mol. The third kappa shape index (κ3) is 4.45. The molecule has 2 aromatic carbocycles. The van der Waals surface area contributed by atoms with Crippen molar-refractivity contribution < 1.29 is 12.8 Å². The molecule has 1 N–H and O–H groups in total. The van der Waals surface area contributed by atoms with Crippen molar-refractivity contribution >= 4 is 32.2 Å². The lowest BCUT2D eigenvalue weighted by Gasteiger charge is -2.36. The van der Waals surface area contributed by atoms with Gasteiger partial charge in [0.25, 0.3) is 0 Å². The number of nitrogens with one attached hydrogen (secondary N) is 1. The second-order valence-electron chi connectivity index (χ2n) is 6.93. The maximum atomic E-state index is 13.1. The normalized spacial score (nSPS) is 14.9. The highest BCUT2D eigenvalue weighted by atomic mass is 32.2. The molecule has 0 aliphatic carbocycles. The molecule has 7 nitrogen and oxygen atoms in total. The molecular weight excluding hydrogens is 425 g/mol. The summed E-state index contributed by atoms with van der Waals surface area (Å²) in [7, 11) is -2.10. The molecule has 0 unspecified atom stereocenters. The molecule has 0 radical (unpaired) electrons. The number of piperazine rings is 1. The molecule has 158 valence electrons. The average molecular weight is 448 g/mol. The molecule has 0 atom stereocenters. The maximum absolute atomic E-state index is 13.1. The average Bonchev–Trinajstić information content (AvgIpc) is 3.24. The fourth-order valence-electron chi connectivity index (χ4n) is 3.42.